The minimum Gasteiger partial charge on any atom is -0.368 e. The summed E-state index contributed by atoms with van der Waals surface area (Å²) in [5.41, 5.74) is 8.43. The highest BCUT2D eigenvalue weighted by Gasteiger charge is 2.33. The highest BCUT2D eigenvalue weighted by molar-refractivity contribution is 9.10. The number of nitrogens with one attached hydrogen (secondary N) is 2. The van der Waals surface area contributed by atoms with Gasteiger partial charge in [0.1, 0.15) is 23.5 Å². The number of hydrogen-bond acceptors (Lipinski definition) is 6. The molecule has 1 unspecified atom stereocenters. The maximum atomic E-state index is 13.4. The van der Waals surface area contributed by atoms with E-state index in [4.69, 9.17) is 21.9 Å². The van der Waals surface area contributed by atoms with Crippen LogP contribution in [0.3, 0.4) is 0 Å². The van der Waals surface area contributed by atoms with Gasteiger partial charge in [-0.15, -0.1) is 0 Å². The van der Waals surface area contributed by atoms with E-state index in [0.29, 0.717) is 16.5 Å². The molecule has 0 aliphatic heterocycles. The number of benzene rings is 3. The number of aromatic nitrogens is 1. The summed E-state index contributed by atoms with van der Waals surface area (Å²) in [6.45, 7) is 2.86. The number of amides is 3. The summed E-state index contributed by atoms with van der Waals surface area (Å²) in [6.07, 6.45) is -0.483. The molecule has 44 heavy (non-hydrogen) atoms. The Labute approximate surface area is 267 Å². The molecule has 10 nitrogen and oxygen atoms in total. The van der Waals surface area contributed by atoms with E-state index >= 15 is 0 Å². The maximum Gasteiger partial charge on any atom is 0.242 e. The molecule has 0 aliphatic rings. The molecule has 230 valence electrons. The number of halogens is 2. The molecule has 0 aliphatic carbocycles. The van der Waals surface area contributed by atoms with E-state index in [0.717, 1.165) is 21.2 Å². The van der Waals surface area contributed by atoms with E-state index in [1.807, 2.05) is 42.5 Å². The summed E-state index contributed by atoms with van der Waals surface area (Å²) in [5, 5.41) is 9.95. The molecule has 5 N–H and O–H groups in total. The van der Waals surface area contributed by atoms with Crippen LogP contribution >= 0.6 is 34.9 Å². The molecular formula is C31H31BrClN4O6P. The zero-order valence-corrected chi connectivity index (χ0v) is 27.1. The summed E-state index contributed by atoms with van der Waals surface area (Å²) in [5.74, 6) is -2.76. The zero-order chi connectivity index (χ0) is 32.0. The molecule has 0 saturated heterocycles. The van der Waals surface area contributed by atoms with E-state index in [1.54, 1.807) is 24.3 Å². The number of rotatable bonds is 12. The quantitative estimate of drug-likeness (QED) is 0.156. The molecule has 0 saturated carbocycles. The molecule has 3 amide bonds. The Morgan fingerprint density at radius 2 is 1.57 bits per heavy atom. The van der Waals surface area contributed by atoms with Crippen LogP contribution in [0.1, 0.15) is 19.6 Å². The lowest BCUT2D eigenvalue weighted by atomic mass is 10.0. The molecule has 0 spiro atoms. The third-order valence-corrected chi connectivity index (χ3v) is 9.76. The second-order valence-corrected chi connectivity index (χ2v) is 14.0. The van der Waals surface area contributed by atoms with Gasteiger partial charge in [-0.3, -0.25) is 18.9 Å². The van der Waals surface area contributed by atoms with Crippen LogP contribution in [-0.2, 0) is 25.4 Å². The number of nitrogens with zero attached hydrogens (tertiary/aromatic N) is 1. The van der Waals surface area contributed by atoms with Crippen LogP contribution < -0.4 is 21.7 Å². The van der Waals surface area contributed by atoms with Crippen molar-refractivity contribution in [3.8, 4) is 22.4 Å². The van der Waals surface area contributed by atoms with Gasteiger partial charge in [0.15, 0.2) is 0 Å². The number of hydrogen-bond donors (Lipinski definition) is 4. The Hall–Kier alpha value is -3.76. The standard InChI is InChI=1S/C31H31BrClN4O6P/c1-18(29(34)38)35-30(39)19(2)36-31(40)23(17-44(41,42)27-12-10-24(32)11-13-27)15-26-16-28(37-43-26)21-8-6-20(7-9-21)22-4-3-5-25(33)14-22/h3-14,16,18-19,23H,15,17H2,1-2H3,(H2,34,38)(H,35,39)(H,36,40)(H,41,42)/t18-,19-,23+/m0/s1. The predicted octanol–water partition coefficient (Wildman–Crippen LogP) is 4.67. The van der Waals surface area contributed by atoms with Crippen molar-refractivity contribution >= 4 is 57.9 Å². The summed E-state index contributed by atoms with van der Waals surface area (Å²) in [7, 11) is -4.02. The third kappa shape index (κ3) is 8.66. The van der Waals surface area contributed by atoms with Gasteiger partial charge in [0, 0.05) is 39.0 Å². The fraction of sp³-hybridized carbons (Fsp3) is 0.226. The van der Waals surface area contributed by atoms with Crippen LogP contribution in [0.25, 0.3) is 22.4 Å². The molecule has 4 rings (SSSR count). The first-order chi connectivity index (χ1) is 20.8. The van der Waals surface area contributed by atoms with Gasteiger partial charge in [0.2, 0.25) is 25.1 Å². The smallest absolute Gasteiger partial charge is 0.242 e. The SMILES string of the molecule is C[C@H](NC(=O)[C@H](C)NC(=O)[C@H](Cc1cc(-c2ccc(-c3cccc(Cl)c3)cc2)no1)CP(=O)(O)c1ccc(Br)cc1)C(N)=O. The second kappa shape index (κ2) is 14.3. The molecular weight excluding hydrogens is 671 g/mol. The van der Waals surface area contributed by atoms with E-state index < -0.39 is 49.3 Å². The summed E-state index contributed by atoms with van der Waals surface area (Å²) >= 11 is 9.43. The fourth-order valence-electron chi connectivity index (χ4n) is 4.41. The molecule has 4 aromatic rings. The Kier molecular flexibility index (Phi) is 10.8. The van der Waals surface area contributed by atoms with E-state index in [2.05, 4.69) is 31.7 Å². The Balaban J connectivity index is 1.54. The third-order valence-electron chi connectivity index (χ3n) is 6.95. The first-order valence-corrected chi connectivity index (χ1v) is 16.6. The highest BCUT2D eigenvalue weighted by atomic mass is 79.9. The molecule has 0 radical (unpaired) electrons. The van der Waals surface area contributed by atoms with Crippen LogP contribution in [-0.4, -0.2) is 46.0 Å². The average molecular weight is 702 g/mol. The fourth-order valence-corrected chi connectivity index (χ4v) is 6.59. The van der Waals surface area contributed by atoms with Gasteiger partial charge < -0.3 is 25.8 Å². The van der Waals surface area contributed by atoms with Crippen LogP contribution in [0.2, 0.25) is 5.02 Å². The minimum absolute atomic E-state index is 0.0630. The van der Waals surface area contributed by atoms with Gasteiger partial charge in [-0.1, -0.05) is 69.1 Å². The van der Waals surface area contributed by atoms with Crippen molar-refractivity contribution < 1.29 is 28.4 Å². The van der Waals surface area contributed by atoms with Crippen molar-refractivity contribution in [2.45, 2.75) is 32.4 Å². The number of carbonyl (C=O) groups excluding carboxylic acids is 3. The first kappa shape index (κ1) is 33.1. The molecule has 0 fully saturated rings. The second-order valence-electron chi connectivity index (χ2n) is 10.4. The van der Waals surface area contributed by atoms with Gasteiger partial charge in [-0.05, 0) is 61.4 Å². The van der Waals surface area contributed by atoms with Crippen LogP contribution in [0, 0.1) is 5.92 Å². The van der Waals surface area contributed by atoms with Crippen molar-refractivity contribution in [2.75, 3.05) is 6.16 Å². The van der Waals surface area contributed by atoms with Gasteiger partial charge in [-0.2, -0.15) is 0 Å². The normalized spacial score (nSPS) is 14.6. The predicted molar refractivity (Wildman–Crippen MR) is 172 cm³/mol. The zero-order valence-electron chi connectivity index (χ0n) is 23.9. The van der Waals surface area contributed by atoms with E-state index in [1.165, 1.54) is 26.0 Å². The lowest BCUT2D eigenvalue weighted by Crippen LogP contribution is -2.52. The van der Waals surface area contributed by atoms with Crippen molar-refractivity contribution in [3.63, 3.8) is 0 Å². The maximum absolute atomic E-state index is 13.4. The van der Waals surface area contributed by atoms with Crippen LogP contribution in [0.5, 0.6) is 0 Å². The molecule has 4 atom stereocenters. The highest BCUT2D eigenvalue weighted by Crippen LogP contribution is 2.42. The molecule has 0 bridgehead atoms. The van der Waals surface area contributed by atoms with Crippen LogP contribution in [0.4, 0.5) is 0 Å². The van der Waals surface area contributed by atoms with Crippen molar-refractivity contribution in [2.24, 2.45) is 11.7 Å². The van der Waals surface area contributed by atoms with Gasteiger partial charge in [0.25, 0.3) is 0 Å². The summed E-state index contributed by atoms with van der Waals surface area (Å²) < 4.78 is 19.7. The Morgan fingerprint density at radius 1 is 0.932 bits per heavy atom. The number of primary amides is 1. The van der Waals surface area contributed by atoms with Crippen molar-refractivity contribution in [3.05, 3.63) is 94.1 Å². The summed E-state index contributed by atoms with van der Waals surface area (Å²) in [6, 6.07) is 21.1. The van der Waals surface area contributed by atoms with Gasteiger partial charge >= 0.3 is 0 Å². The Bertz CT molecular complexity index is 1700. The monoisotopic (exact) mass is 700 g/mol. The van der Waals surface area contributed by atoms with Crippen molar-refractivity contribution in [1.29, 1.82) is 0 Å². The van der Waals surface area contributed by atoms with Crippen LogP contribution in [0.15, 0.2) is 87.9 Å². The largest absolute Gasteiger partial charge is 0.368 e. The topological polar surface area (TPSA) is 165 Å². The van der Waals surface area contributed by atoms with Crippen molar-refractivity contribution in [1.82, 2.24) is 15.8 Å². The van der Waals surface area contributed by atoms with Gasteiger partial charge in [-0.25, -0.2) is 0 Å². The lowest BCUT2D eigenvalue weighted by Gasteiger charge is -2.22. The van der Waals surface area contributed by atoms with E-state index in [9.17, 15) is 23.8 Å². The molecule has 13 heteroatoms. The van der Waals surface area contributed by atoms with E-state index in [-0.39, 0.29) is 11.7 Å². The lowest BCUT2D eigenvalue weighted by molar-refractivity contribution is -0.132. The first-order valence-electron chi connectivity index (χ1n) is 13.6. The molecule has 3 aromatic carbocycles. The minimum atomic E-state index is -4.02. The average Bonchev–Trinajstić information content (AvgIpc) is 3.45. The van der Waals surface area contributed by atoms with Gasteiger partial charge in [0.05, 0.1) is 5.92 Å². The summed E-state index contributed by atoms with van der Waals surface area (Å²) in [4.78, 5) is 48.3. The Morgan fingerprint density at radius 3 is 2.20 bits per heavy atom. The number of carbonyl (C=O) groups is 3. The number of nitrogens with two attached hydrogens (primary N) is 1. The molecule has 1 heterocycles. The molecule has 1 aromatic heterocycles.